The van der Waals surface area contributed by atoms with Crippen LogP contribution < -0.4 is 16.0 Å². The van der Waals surface area contributed by atoms with Gasteiger partial charge in [-0.25, -0.2) is 4.79 Å². The Balaban J connectivity index is 1.32. The van der Waals surface area contributed by atoms with Crippen molar-refractivity contribution >= 4 is 52.9 Å². The highest BCUT2D eigenvalue weighted by Crippen LogP contribution is 2.37. The fraction of sp³-hybridized carbons (Fsp3) is 0.100. The van der Waals surface area contributed by atoms with E-state index in [2.05, 4.69) is 29.8 Å². The summed E-state index contributed by atoms with van der Waals surface area (Å²) in [7, 11) is 0. The first kappa shape index (κ1) is 34.4. The number of hydrogen-bond donors (Lipinski definition) is 4. The minimum Gasteiger partial charge on any atom is -0.478 e. The summed E-state index contributed by atoms with van der Waals surface area (Å²) in [5.74, 6) is -1.86. The number of hydrogen-bond acceptors (Lipinski definition) is 5. The molecule has 0 saturated carbocycles. The number of amides is 3. The van der Waals surface area contributed by atoms with E-state index in [0.29, 0.717) is 22.9 Å². The van der Waals surface area contributed by atoms with Crippen LogP contribution in [0.4, 0.5) is 11.4 Å². The molecule has 9 heteroatoms. The summed E-state index contributed by atoms with van der Waals surface area (Å²) in [6.45, 7) is 4.21. The molecule has 3 amide bonds. The zero-order valence-corrected chi connectivity index (χ0v) is 27.7. The minimum absolute atomic E-state index is 0.0850. The normalized spacial score (nSPS) is 11.8. The van der Waals surface area contributed by atoms with Crippen LogP contribution in [0.2, 0.25) is 0 Å². The number of aromatic carboxylic acids is 1. The zero-order chi connectivity index (χ0) is 34.8. The Kier molecular flexibility index (Phi) is 11.4. The number of nitrogens with one attached hydrogen (secondary N) is 3. The largest absolute Gasteiger partial charge is 0.478 e. The van der Waals surface area contributed by atoms with Gasteiger partial charge in [0.1, 0.15) is 10.9 Å². The Bertz CT molecular complexity index is 1940. The molecule has 0 heterocycles. The summed E-state index contributed by atoms with van der Waals surface area (Å²) in [6.07, 6.45) is 1.64. The molecule has 1 atom stereocenters. The van der Waals surface area contributed by atoms with Crippen LogP contribution in [-0.2, 0) is 9.59 Å². The van der Waals surface area contributed by atoms with Crippen LogP contribution in [0, 0.1) is 0 Å². The highest BCUT2D eigenvalue weighted by molar-refractivity contribution is 8.00. The van der Waals surface area contributed by atoms with E-state index in [9.17, 15) is 24.3 Å². The van der Waals surface area contributed by atoms with E-state index in [4.69, 9.17) is 0 Å². The van der Waals surface area contributed by atoms with Crippen molar-refractivity contribution in [3.8, 4) is 0 Å². The van der Waals surface area contributed by atoms with Crippen molar-refractivity contribution in [2.45, 2.75) is 29.9 Å². The van der Waals surface area contributed by atoms with E-state index in [1.165, 1.54) is 23.9 Å². The number of carbonyl (C=O) groups excluding carboxylic acids is 3. The van der Waals surface area contributed by atoms with Crippen LogP contribution >= 0.6 is 11.8 Å². The Morgan fingerprint density at radius 3 is 1.80 bits per heavy atom. The molecule has 0 bridgehead atoms. The van der Waals surface area contributed by atoms with Crippen LogP contribution in [0.25, 0.3) is 6.08 Å². The number of rotatable bonds is 12. The number of carboxylic acid groups (broad SMARTS) is 1. The summed E-state index contributed by atoms with van der Waals surface area (Å²) in [4.78, 5) is 52.0. The van der Waals surface area contributed by atoms with Gasteiger partial charge in [0.05, 0.1) is 5.56 Å². The van der Waals surface area contributed by atoms with Gasteiger partial charge in [-0.1, -0.05) is 86.6 Å². The van der Waals surface area contributed by atoms with Gasteiger partial charge in [0.25, 0.3) is 11.8 Å². The van der Waals surface area contributed by atoms with Crippen LogP contribution in [0.5, 0.6) is 0 Å². The fourth-order valence-electron chi connectivity index (χ4n) is 4.84. The highest BCUT2D eigenvalue weighted by Gasteiger charge is 2.23. The number of benzene rings is 5. The van der Waals surface area contributed by atoms with Crippen molar-refractivity contribution in [3.63, 3.8) is 0 Å². The van der Waals surface area contributed by atoms with Gasteiger partial charge in [0.2, 0.25) is 5.91 Å². The van der Waals surface area contributed by atoms with Gasteiger partial charge in [-0.05, 0) is 89.3 Å². The molecule has 1 unspecified atom stereocenters. The van der Waals surface area contributed by atoms with Crippen LogP contribution in [0.1, 0.15) is 62.4 Å². The second-order valence-corrected chi connectivity index (χ2v) is 12.6. The fourth-order valence-corrected chi connectivity index (χ4v) is 5.87. The minimum atomic E-state index is -1.05. The van der Waals surface area contributed by atoms with Crippen molar-refractivity contribution in [1.29, 1.82) is 0 Å². The molecule has 0 fully saturated rings. The molecule has 0 aliphatic carbocycles. The summed E-state index contributed by atoms with van der Waals surface area (Å²) >= 11 is 1.33. The first-order chi connectivity index (χ1) is 23.7. The maximum absolute atomic E-state index is 13.5. The second-order valence-electron chi connectivity index (χ2n) is 11.5. The monoisotopic (exact) mass is 669 g/mol. The molecule has 5 rings (SSSR count). The van der Waals surface area contributed by atoms with E-state index in [1.54, 1.807) is 54.6 Å². The maximum atomic E-state index is 13.5. The van der Waals surface area contributed by atoms with Gasteiger partial charge in [0.15, 0.2) is 0 Å². The number of carbonyl (C=O) groups is 4. The molecule has 49 heavy (non-hydrogen) atoms. The third-order valence-corrected chi connectivity index (χ3v) is 8.82. The molecule has 0 spiro atoms. The van der Waals surface area contributed by atoms with Gasteiger partial charge in [-0.2, -0.15) is 0 Å². The van der Waals surface area contributed by atoms with Gasteiger partial charge in [-0.15, -0.1) is 11.8 Å². The van der Waals surface area contributed by atoms with Crippen molar-refractivity contribution < 1.29 is 24.3 Å². The number of carboxylic acids is 1. The van der Waals surface area contributed by atoms with E-state index in [-0.39, 0.29) is 17.2 Å². The molecule has 0 aliphatic heterocycles. The molecule has 0 radical (unpaired) electrons. The Labute approximate surface area is 289 Å². The van der Waals surface area contributed by atoms with E-state index >= 15 is 0 Å². The molecule has 246 valence electrons. The lowest BCUT2D eigenvalue weighted by Crippen LogP contribution is -2.30. The standard InChI is InChI=1S/C40H35N3O5S/c1-26(2)28-15-13-27(14-16-28)25-35(43-37(44)30-11-7-4-8-12-30)38(45)41-33-21-23-34(24-22-33)49-36(29-9-5-3-6-10-29)39(46)42-32-19-17-31(18-20-32)40(47)48/h3-26,36H,1-2H3,(H,41,45)(H,42,46)(H,43,44)(H,47,48)/b35-25-. The molecule has 5 aromatic carbocycles. The van der Waals surface area contributed by atoms with Gasteiger partial charge < -0.3 is 21.1 Å². The zero-order valence-electron chi connectivity index (χ0n) is 26.9. The SMILES string of the molecule is CC(C)c1ccc(/C=C(\NC(=O)c2ccccc2)C(=O)Nc2ccc(SC(C(=O)Nc3ccc(C(=O)O)cc3)c3ccccc3)cc2)cc1. The lowest BCUT2D eigenvalue weighted by atomic mass is 10.0. The predicted octanol–water partition coefficient (Wildman–Crippen LogP) is 8.39. The maximum Gasteiger partial charge on any atom is 0.335 e. The van der Waals surface area contributed by atoms with Gasteiger partial charge >= 0.3 is 5.97 Å². The highest BCUT2D eigenvalue weighted by atomic mass is 32.2. The Morgan fingerprint density at radius 1 is 0.633 bits per heavy atom. The van der Waals surface area contributed by atoms with Crippen LogP contribution in [0.3, 0.4) is 0 Å². The van der Waals surface area contributed by atoms with Crippen molar-refractivity contribution in [3.05, 3.63) is 167 Å². The lowest BCUT2D eigenvalue weighted by molar-refractivity contribution is -0.116. The Hall–Kier alpha value is -5.93. The van der Waals surface area contributed by atoms with Crippen molar-refractivity contribution in [2.75, 3.05) is 10.6 Å². The summed E-state index contributed by atoms with van der Waals surface area (Å²) in [6, 6.07) is 38.9. The van der Waals surface area contributed by atoms with E-state index in [1.807, 2.05) is 72.8 Å². The third kappa shape index (κ3) is 9.56. The van der Waals surface area contributed by atoms with E-state index in [0.717, 1.165) is 21.6 Å². The predicted molar refractivity (Wildman–Crippen MR) is 195 cm³/mol. The second kappa shape index (κ2) is 16.3. The van der Waals surface area contributed by atoms with Gasteiger partial charge in [0, 0.05) is 21.8 Å². The average molecular weight is 670 g/mol. The van der Waals surface area contributed by atoms with E-state index < -0.39 is 23.0 Å². The molecule has 0 aliphatic rings. The molecule has 5 aromatic rings. The number of anilines is 2. The molecule has 0 aromatic heterocycles. The number of thioether (sulfide) groups is 1. The summed E-state index contributed by atoms with van der Waals surface area (Å²) in [5, 5.41) is 17.1. The lowest BCUT2D eigenvalue weighted by Gasteiger charge is -2.18. The quantitative estimate of drug-likeness (QED) is 0.0782. The average Bonchev–Trinajstić information content (AvgIpc) is 3.12. The first-order valence-electron chi connectivity index (χ1n) is 15.6. The molecule has 8 nitrogen and oxygen atoms in total. The molecule has 0 saturated heterocycles. The Morgan fingerprint density at radius 2 is 1.20 bits per heavy atom. The van der Waals surface area contributed by atoms with Crippen molar-refractivity contribution in [2.24, 2.45) is 0 Å². The third-order valence-electron chi connectivity index (χ3n) is 7.55. The topological polar surface area (TPSA) is 125 Å². The van der Waals surface area contributed by atoms with Crippen molar-refractivity contribution in [1.82, 2.24) is 5.32 Å². The van der Waals surface area contributed by atoms with Crippen LogP contribution in [-0.4, -0.2) is 28.8 Å². The summed E-state index contributed by atoms with van der Waals surface area (Å²) < 4.78 is 0. The molecular weight excluding hydrogens is 635 g/mol. The molecular formula is C40H35N3O5S. The smallest absolute Gasteiger partial charge is 0.335 e. The first-order valence-corrected chi connectivity index (χ1v) is 16.5. The summed E-state index contributed by atoms with van der Waals surface area (Å²) in [5.41, 5.74) is 4.33. The molecule has 4 N–H and O–H groups in total. The van der Waals surface area contributed by atoms with Crippen LogP contribution in [0.15, 0.2) is 144 Å². The van der Waals surface area contributed by atoms with Gasteiger partial charge in [-0.3, -0.25) is 14.4 Å².